The molecule has 0 amide bonds. The van der Waals surface area contributed by atoms with E-state index in [0.29, 0.717) is 13.2 Å². The summed E-state index contributed by atoms with van der Waals surface area (Å²) in [6.07, 6.45) is 3.29. The van der Waals surface area contributed by atoms with Gasteiger partial charge in [0.1, 0.15) is 0 Å². The Kier molecular flexibility index (Phi) is 11.5. The van der Waals surface area contributed by atoms with Gasteiger partial charge in [0.05, 0.1) is 0 Å². The van der Waals surface area contributed by atoms with Crippen LogP contribution in [0.5, 0.6) is 0 Å². The first-order valence-electron chi connectivity index (χ1n) is 4.48. The number of hydrogen-bond donors (Lipinski definition) is 0. The molecule has 0 aromatic rings. The van der Waals surface area contributed by atoms with Crippen molar-refractivity contribution in [3.05, 3.63) is 14.2 Å². The van der Waals surface area contributed by atoms with Gasteiger partial charge in [0.25, 0.3) is 0 Å². The molecule has 14 heavy (non-hydrogen) atoms. The van der Waals surface area contributed by atoms with Crippen LogP contribution in [0.2, 0.25) is 0 Å². The van der Waals surface area contributed by atoms with E-state index in [1.54, 1.807) is 0 Å². The van der Waals surface area contributed by atoms with E-state index in [1.165, 1.54) is 0 Å². The Morgan fingerprint density at radius 2 is 1.43 bits per heavy atom. The predicted octanol–water partition coefficient (Wildman–Crippen LogP) is 2.80. The molecule has 0 radical (unpaired) electrons. The van der Waals surface area contributed by atoms with E-state index < -0.39 is 0 Å². The van der Waals surface area contributed by atoms with E-state index in [0.717, 1.165) is 19.3 Å². The molecule has 0 aromatic carbocycles. The average molecular weight is 706 g/mol. The molecule has 0 rings (SSSR count). The largest absolute Gasteiger partial charge is 0.555 e. The monoisotopic (exact) mass is 706 g/mol. The summed E-state index contributed by atoms with van der Waals surface area (Å²) in [5.41, 5.74) is 0.123. The summed E-state index contributed by atoms with van der Waals surface area (Å²) in [6.45, 7) is 5.63. The van der Waals surface area contributed by atoms with Crippen LogP contribution >= 0.6 is 0 Å². The van der Waals surface area contributed by atoms with Gasteiger partial charge < -0.3 is 9.47 Å². The summed E-state index contributed by atoms with van der Waals surface area (Å²) >= 11 is 0. The van der Waals surface area contributed by atoms with Gasteiger partial charge in [-0.25, -0.2) is 14.2 Å². The van der Waals surface area contributed by atoms with Gasteiger partial charge in [0, 0.05) is 18.6 Å². The molecular weight excluding hydrogens is 686 g/mol. The van der Waals surface area contributed by atoms with E-state index in [4.69, 9.17) is 9.47 Å². The summed E-state index contributed by atoms with van der Waals surface area (Å²) in [7, 11) is 6.81. The zero-order valence-electron chi connectivity index (χ0n) is 9.68. The van der Waals surface area contributed by atoms with Crippen molar-refractivity contribution in [2.24, 2.45) is 5.41 Å². The topological polar surface area (TPSA) is 18.5 Å². The molecule has 0 aliphatic carbocycles. The molecular formula is C10H20O2Rf2-2. The Morgan fingerprint density at radius 1 is 1.00 bits per heavy atom. The van der Waals surface area contributed by atoms with Gasteiger partial charge in [0.2, 0.25) is 0 Å². The quantitative estimate of drug-likeness (QED) is 0.380. The fraction of sp³-hybridized carbons (Fsp3) is 0.800. The van der Waals surface area contributed by atoms with Crippen LogP contribution in [0, 0.1) is 19.6 Å². The van der Waals surface area contributed by atoms with Crippen LogP contribution in [0.4, 0.5) is 0 Å². The SMILES string of the molecule is [CH2-]OCC(CC)(CCC)CO[CH2-].[Rf].[Rf]. The van der Waals surface area contributed by atoms with E-state index >= 15 is 0 Å². The minimum atomic E-state index is 0. The third-order valence-electron chi connectivity index (χ3n) is 2.35. The van der Waals surface area contributed by atoms with Crippen molar-refractivity contribution in [3.8, 4) is 0 Å². The zero-order valence-corrected chi connectivity index (χ0v) is 22.5. The van der Waals surface area contributed by atoms with Crippen LogP contribution in [-0.4, -0.2) is 13.2 Å². The minimum absolute atomic E-state index is 0. The molecule has 0 heterocycles. The van der Waals surface area contributed by atoms with E-state index in [9.17, 15) is 0 Å². The molecule has 78 valence electrons. The minimum Gasteiger partial charge on any atom is -0.555 e. The smallest absolute Gasteiger partial charge is 0.0189 e. The number of ether oxygens (including phenoxy) is 2. The summed E-state index contributed by atoms with van der Waals surface area (Å²) in [5.74, 6) is 0. The standard InChI is InChI=1S/C10H20O2.2Rf/c1-5-7-10(6-2,8-11-3)9-12-4;;/h3-9H2,1-2H3;;/q-2;;. The molecule has 4 heteroatoms. The predicted molar refractivity (Wildman–Crippen MR) is 50.3 cm³/mol. The van der Waals surface area contributed by atoms with Gasteiger partial charge in [-0.2, -0.15) is 0 Å². The van der Waals surface area contributed by atoms with Crippen molar-refractivity contribution in [1.82, 2.24) is 0 Å². The Bertz CT molecular complexity index is 93.3. The summed E-state index contributed by atoms with van der Waals surface area (Å²) in [4.78, 5) is 0. The Morgan fingerprint density at radius 3 is 1.64 bits per heavy atom. The maximum Gasteiger partial charge on any atom is 0.0189 e. The second-order valence-corrected chi connectivity index (χ2v) is 3.30. The molecule has 0 aromatic heterocycles. The van der Waals surface area contributed by atoms with Gasteiger partial charge in [-0.05, 0) is 12.8 Å². The van der Waals surface area contributed by atoms with Gasteiger partial charge in [-0.1, -0.05) is 20.3 Å². The first-order valence-corrected chi connectivity index (χ1v) is 4.48. The molecule has 0 saturated heterocycles. The molecule has 0 saturated carbocycles. The Labute approximate surface area is 76.3 Å². The maximum atomic E-state index is 4.95. The number of hydrogen-bond acceptors (Lipinski definition) is 2. The molecule has 0 atom stereocenters. The Hall–Kier alpha value is -2.08. The average Bonchev–Trinajstić information content (AvgIpc) is 2.06. The van der Waals surface area contributed by atoms with Crippen LogP contribution < -0.4 is 0 Å². The van der Waals surface area contributed by atoms with Gasteiger partial charge in [-0.15, -0.1) is 0 Å². The van der Waals surface area contributed by atoms with Crippen molar-refractivity contribution in [1.29, 1.82) is 0 Å². The second kappa shape index (κ2) is 9.01. The van der Waals surface area contributed by atoms with E-state index in [-0.39, 0.29) is 5.41 Å². The Balaban J connectivity index is -0.000000605. The zero-order chi connectivity index (χ0) is 9.45. The van der Waals surface area contributed by atoms with Crippen LogP contribution in [0.15, 0.2) is 0 Å². The molecule has 0 spiro atoms. The van der Waals surface area contributed by atoms with Gasteiger partial charge in [0.15, 0.2) is 0 Å². The summed E-state index contributed by atoms with van der Waals surface area (Å²) < 4.78 is 9.89. The maximum absolute atomic E-state index is 4.95. The van der Waals surface area contributed by atoms with Crippen LogP contribution in [0.3, 0.4) is 0 Å². The third kappa shape index (κ3) is 4.73. The molecule has 0 aliphatic heterocycles. The summed E-state index contributed by atoms with van der Waals surface area (Å²) in [6, 6.07) is 0. The molecule has 0 unspecified atom stereocenters. The van der Waals surface area contributed by atoms with Crippen molar-refractivity contribution >= 4 is 0 Å². The molecule has 2 nitrogen and oxygen atoms in total. The number of rotatable bonds is 7. The summed E-state index contributed by atoms with van der Waals surface area (Å²) in [5, 5.41) is 0. The molecule has 0 bridgehead atoms. The van der Waals surface area contributed by atoms with Gasteiger partial charge in [-0.3, -0.25) is 0 Å². The fourth-order valence-corrected chi connectivity index (χ4v) is 1.53. The van der Waals surface area contributed by atoms with Crippen molar-refractivity contribution in [2.45, 2.75) is 33.1 Å². The first-order chi connectivity index (χ1) is 5.74. The second-order valence-electron chi connectivity index (χ2n) is 3.30. The van der Waals surface area contributed by atoms with Crippen LogP contribution in [0.1, 0.15) is 33.1 Å². The van der Waals surface area contributed by atoms with Gasteiger partial charge >= 0.3 is 0 Å². The van der Waals surface area contributed by atoms with Crippen molar-refractivity contribution in [3.63, 3.8) is 0 Å². The fourth-order valence-electron chi connectivity index (χ4n) is 1.53. The van der Waals surface area contributed by atoms with E-state index in [1.807, 2.05) is 0 Å². The van der Waals surface area contributed by atoms with E-state index in [2.05, 4.69) is 28.1 Å². The molecule has 0 fully saturated rings. The third-order valence-corrected chi connectivity index (χ3v) is 2.35. The van der Waals surface area contributed by atoms with Crippen molar-refractivity contribution in [2.75, 3.05) is 13.2 Å². The first kappa shape index (κ1) is 17.9. The van der Waals surface area contributed by atoms with Crippen molar-refractivity contribution < 1.29 is 9.47 Å². The van der Waals surface area contributed by atoms with Crippen LogP contribution in [-0.2, 0) is 9.47 Å². The van der Waals surface area contributed by atoms with Crippen LogP contribution in [0.25, 0.3) is 0 Å². The molecule has 0 aliphatic rings. The normalized spacial score (nSPS) is 10.3. The molecule has 0 N–H and O–H groups in total.